The van der Waals surface area contributed by atoms with Crippen molar-refractivity contribution < 1.29 is 31.9 Å². The summed E-state index contributed by atoms with van der Waals surface area (Å²) in [5.41, 5.74) is 0.0235. The Bertz CT molecular complexity index is 1170. The highest BCUT2D eigenvalue weighted by atomic mass is 32.2. The lowest BCUT2D eigenvalue weighted by molar-refractivity contribution is -0.385. The van der Waals surface area contributed by atoms with Crippen LogP contribution in [0.1, 0.15) is 48.5 Å². The third kappa shape index (κ3) is 6.10. The summed E-state index contributed by atoms with van der Waals surface area (Å²) in [5, 5.41) is 11.0. The minimum atomic E-state index is -4.35. The summed E-state index contributed by atoms with van der Waals surface area (Å²) >= 11 is 0. The Kier molecular flexibility index (Phi) is 7.87. The second-order valence-electron chi connectivity index (χ2n) is 8.06. The maximum Gasteiger partial charge on any atom is 0.339 e. The molecule has 182 valence electrons. The molecule has 1 aliphatic rings. The van der Waals surface area contributed by atoms with E-state index in [0.29, 0.717) is 13.1 Å². The number of amides is 1. The van der Waals surface area contributed by atoms with Crippen LogP contribution < -0.4 is 4.18 Å². The van der Waals surface area contributed by atoms with E-state index in [1.165, 1.54) is 50.2 Å². The Morgan fingerprint density at radius 3 is 2.24 bits per heavy atom. The molecule has 1 heterocycles. The highest BCUT2D eigenvalue weighted by molar-refractivity contribution is 7.87. The summed E-state index contributed by atoms with van der Waals surface area (Å²) in [6.45, 7) is 4.31. The van der Waals surface area contributed by atoms with Crippen LogP contribution in [-0.2, 0) is 19.6 Å². The first-order valence-corrected chi connectivity index (χ1v) is 12.3. The second-order valence-corrected chi connectivity index (χ2v) is 9.57. The largest absolute Gasteiger partial charge is 0.449 e. The maximum atomic E-state index is 12.6. The number of hydrogen-bond donors (Lipinski definition) is 0. The van der Waals surface area contributed by atoms with Crippen LogP contribution in [-0.4, -0.2) is 49.3 Å². The first-order valence-electron chi connectivity index (χ1n) is 10.9. The van der Waals surface area contributed by atoms with Gasteiger partial charge in [0.15, 0.2) is 6.10 Å². The fraction of sp³-hybridized carbons (Fsp3) is 0.391. The van der Waals surface area contributed by atoms with Crippen LogP contribution >= 0.6 is 0 Å². The van der Waals surface area contributed by atoms with Crippen molar-refractivity contribution in [3.05, 3.63) is 63.7 Å². The van der Waals surface area contributed by atoms with E-state index < -0.39 is 27.1 Å². The van der Waals surface area contributed by atoms with Gasteiger partial charge in [0.25, 0.3) is 11.6 Å². The number of non-ortho nitro benzene ring substituents is 1. The Balaban J connectivity index is 1.66. The van der Waals surface area contributed by atoms with Gasteiger partial charge in [-0.1, -0.05) is 18.9 Å². The number of esters is 1. The molecule has 0 unspecified atom stereocenters. The first kappa shape index (κ1) is 25.2. The van der Waals surface area contributed by atoms with Gasteiger partial charge < -0.3 is 13.8 Å². The summed E-state index contributed by atoms with van der Waals surface area (Å²) in [7, 11) is -4.35. The van der Waals surface area contributed by atoms with Crippen molar-refractivity contribution in [3.63, 3.8) is 0 Å². The van der Waals surface area contributed by atoms with Crippen LogP contribution in [0.15, 0.2) is 47.4 Å². The monoisotopic (exact) mass is 490 g/mol. The molecule has 10 nitrogen and oxygen atoms in total. The van der Waals surface area contributed by atoms with Crippen molar-refractivity contribution in [3.8, 4) is 5.75 Å². The number of likely N-dealkylation sites (tertiary alicyclic amines) is 1. The lowest BCUT2D eigenvalue weighted by atomic mass is 10.2. The minimum absolute atomic E-state index is 0.0869. The zero-order valence-electron chi connectivity index (χ0n) is 18.9. The molecule has 0 bridgehead atoms. The van der Waals surface area contributed by atoms with Crippen LogP contribution in [0.3, 0.4) is 0 Å². The molecule has 0 aliphatic carbocycles. The number of carbonyl (C=O) groups excluding carboxylic acids is 2. The molecule has 1 fully saturated rings. The van der Waals surface area contributed by atoms with E-state index in [4.69, 9.17) is 8.92 Å². The van der Waals surface area contributed by atoms with Crippen LogP contribution in [0.4, 0.5) is 5.69 Å². The molecule has 1 saturated heterocycles. The number of rotatable bonds is 7. The molecule has 2 aromatic carbocycles. The van der Waals surface area contributed by atoms with Gasteiger partial charge >= 0.3 is 16.1 Å². The predicted molar refractivity (Wildman–Crippen MR) is 122 cm³/mol. The fourth-order valence-electron chi connectivity index (χ4n) is 3.62. The van der Waals surface area contributed by atoms with Crippen molar-refractivity contribution in [2.75, 3.05) is 13.1 Å². The van der Waals surface area contributed by atoms with Gasteiger partial charge in [0, 0.05) is 25.2 Å². The number of nitro benzene ring substituents is 1. The summed E-state index contributed by atoms with van der Waals surface area (Å²) in [6.07, 6.45) is 3.05. The molecule has 1 aliphatic heterocycles. The van der Waals surface area contributed by atoms with Crippen LogP contribution in [0, 0.1) is 17.0 Å². The molecule has 3 rings (SSSR count). The van der Waals surface area contributed by atoms with Gasteiger partial charge in [0.2, 0.25) is 0 Å². The molecule has 0 aromatic heterocycles. The van der Waals surface area contributed by atoms with E-state index in [1.54, 1.807) is 4.90 Å². The third-order valence-corrected chi connectivity index (χ3v) is 6.89. The number of aryl methyl sites for hydroxylation is 1. The number of hydrogen-bond acceptors (Lipinski definition) is 8. The SMILES string of the molecule is Cc1ccc([N+](=O)[O-])cc1S(=O)(=O)Oc1ccc(C(=O)O[C@H](C)C(=O)N2CCCCCC2)cc1. The lowest BCUT2D eigenvalue weighted by Crippen LogP contribution is -2.40. The summed E-state index contributed by atoms with van der Waals surface area (Å²) in [5.74, 6) is -1.05. The number of nitrogens with zero attached hydrogens (tertiary/aromatic N) is 2. The van der Waals surface area contributed by atoms with Gasteiger partial charge in [-0.15, -0.1) is 0 Å². The zero-order valence-corrected chi connectivity index (χ0v) is 19.7. The Morgan fingerprint density at radius 1 is 1.03 bits per heavy atom. The Hall–Kier alpha value is -3.47. The minimum Gasteiger partial charge on any atom is -0.449 e. The topological polar surface area (TPSA) is 133 Å². The maximum absolute atomic E-state index is 12.6. The molecule has 0 N–H and O–H groups in total. The van der Waals surface area contributed by atoms with Crippen molar-refractivity contribution >= 4 is 27.7 Å². The van der Waals surface area contributed by atoms with Gasteiger partial charge in [-0.05, 0) is 56.5 Å². The summed E-state index contributed by atoms with van der Waals surface area (Å²) in [4.78, 5) is 36.7. The zero-order chi connectivity index (χ0) is 24.9. The Labute approximate surface area is 197 Å². The third-order valence-electron chi connectivity index (χ3n) is 5.50. The molecule has 2 aromatic rings. The van der Waals surface area contributed by atoms with E-state index in [9.17, 15) is 28.1 Å². The van der Waals surface area contributed by atoms with Crippen molar-refractivity contribution in [2.45, 2.75) is 50.5 Å². The molecule has 11 heteroatoms. The number of ether oxygens (including phenoxy) is 1. The van der Waals surface area contributed by atoms with E-state index in [0.717, 1.165) is 31.7 Å². The van der Waals surface area contributed by atoms with Gasteiger partial charge in [-0.2, -0.15) is 8.42 Å². The summed E-state index contributed by atoms with van der Waals surface area (Å²) < 4.78 is 35.7. The highest BCUT2D eigenvalue weighted by Gasteiger charge is 2.26. The van der Waals surface area contributed by atoms with Crippen molar-refractivity contribution in [2.24, 2.45) is 0 Å². The van der Waals surface area contributed by atoms with E-state index in [2.05, 4.69) is 0 Å². The average Bonchev–Trinajstić information content (AvgIpc) is 3.08. The van der Waals surface area contributed by atoms with Crippen molar-refractivity contribution in [1.82, 2.24) is 4.90 Å². The van der Waals surface area contributed by atoms with Crippen LogP contribution in [0.2, 0.25) is 0 Å². The van der Waals surface area contributed by atoms with E-state index in [-0.39, 0.29) is 33.4 Å². The lowest BCUT2D eigenvalue weighted by Gasteiger charge is -2.24. The van der Waals surface area contributed by atoms with Crippen LogP contribution in [0.5, 0.6) is 5.75 Å². The van der Waals surface area contributed by atoms with E-state index >= 15 is 0 Å². The highest BCUT2D eigenvalue weighted by Crippen LogP contribution is 2.25. The molecule has 1 amide bonds. The number of benzene rings is 2. The van der Waals surface area contributed by atoms with Crippen LogP contribution in [0.25, 0.3) is 0 Å². The van der Waals surface area contributed by atoms with Crippen molar-refractivity contribution in [1.29, 1.82) is 0 Å². The standard InChI is InChI=1S/C23H26N2O8S/c1-16-7-10-19(25(28)29)15-21(16)34(30,31)33-20-11-8-18(9-12-20)23(27)32-17(2)22(26)24-13-5-3-4-6-14-24/h7-12,15,17H,3-6,13-14H2,1-2H3/t17-/m1/s1. The molecule has 1 atom stereocenters. The smallest absolute Gasteiger partial charge is 0.339 e. The predicted octanol–water partition coefficient (Wildman–Crippen LogP) is 3.62. The van der Waals surface area contributed by atoms with Gasteiger partial charge in [-0.3, -0.25) is 14.9 Å². The van der Waals surface area contributed by atoms with E-state index in [1.807, 2.05) is 0 Å². The molecular weight excluding hydrogens is 464 g/mol. The van der Waals surface area contributed by atoms with Gasteiger partial charge in [-0.25, -0.2) is 4.79 Å². The Morgan fingerprint density at radius 2 is 1.65 bits per heavy atom. The molecular formula is C23H26N2O8S. The second kappa shape index (κ2) is 10.6. The quantitative estimate of drug-likeness (QED) is 0.249. The summed E-state index contributed by atoms with van der Waals surface area (Å²) in [6, 6.07) is 8.62. The number of nitro groups is 1. The average molecular weight is 491 g/mol. The fourth-order valence-corrected chi connectivity index (χ4v) is 4.80. The molecule has 0 saturated carbocycles. The molecule has 0 radical (unpaired) electrons. The normalized spacial score (nSPS) is 15.2. The number of carbonyl (C=O) groups is 2. The van der Waals surface area contributed by atoms with Gasteiger partial charge in [0.05, 0.1) is 10.5 Å². The first-order chi connectivity index (χ1) is 16.1. The molecule has 34 heavy (non-hydrogen) atoms. The van der Waals surface area contributed by atoms with Gasteiger partial charge in [0.1, 0.15) is 10.6 Å². The molecule has 0 spiro atoms.